The molecule has 3 N–H and O–H groups in total. The van der Waals surface area contributed by atoms with E-state index in [-0.39, 0.29) is 17.5 Å². The molecule has 28 heavy (non-hydrogen) atoms. The normalized spacial score (nSPS) is 18.9. The number of primary amides is 1. The largest absolute Gasteiger partial charge is 0.465 e. The predicted molar refractivity (Wildman–Crippen MR) is 106 cm³/mol. The van der Waals surface area contributed by atoms with Crippen LogP contribution in [0.2, 0.25) is 0 Å². The molecular weight excluding hydrogens is 426 g/mol. The standard InChI is InChI=1S/C19H20BrN5O3/c1-28-19(27)13-7-6-12(8-15(13)20)23-18-14(17(22)26)10-25(24-18)16-5-3-2-4-11(16)9-21/h6-8,10-11,16H,2-5H2,1H3,(H2,22,26)(H,23,24)/t11-,16+/m0/s1. The second kappa shape index (κ2) is 8.44. The number of hydrogen-bond acceptors (Lipinski definition) is 6. The van der Waals surface area contributed by atoms with Gasteiger partial charge in [-0.2, -0.15) is 10.4 Å². The highest BCUT2D eigenvalue weighted by Crippen LogP contribution is 2.34. The minimum atomic E-state index is -0.608. The van der Waals surface area contributed by atoms with Crippen LogP contribution >= 0.6 is 15.9 Å². The van der Waals surface area contributed by atoms with Crippen LogP contribution in [0.15, 0.2) is 28.9 Å². The first-order chi connectivity index (χ1) is 13.4. The molecule has 8 nitrogen and oxygen atoms in total. The van der Waals surface area contributed by atoms with Gasteiger partial charge in [0.15, 0.2) is 5.82 Å². The molecule has 1 aromatic heterocycles. The van der Waals surface area contributed by atoms with E-state index in [4.69, 9.17) is 10.5 Å². The van der Waals surface area contributed by atoms with Crippen molar-refractivity contribution in [3.8, 4) is 6.07 Å². The SMILES string of the molecule is COC(=O)c1ccc(Nc2nn([C@@H]3CCCC[C@H]3C#N)cc2C(N)=O)cc1Br. The lowest BCUT2D eigenvalue weighted by Gasteiger charge is -2.26. The number of esters is 1. The van der Waals surface area contributed by atoms with Crippen LogP contribution in [-0.4, -0.2) is 28.8 Å². The van der Waals surface area contributed by atoms with Gasteiger partial charge in [-0.3, -0.25) is 9.48 Å². The molecule has 146 valence electrons. The number of halogens is 1. The van der Waals surface area contributed by atoms with E-state index in [0.29, 0.717) is 21.5 Å². The number of nitriles is 1. The van der Waals surface area contributed by atoms with Gasteiger partial charge in [0.05, 0.1) is 30.7 Å². The number of nitrogens with one attached hydrogen (secondary N) is 1. The van der Waals surface area contributed by atoms with Crippen molar-refractivity contribution < 1.29 is 14.3 Å². The molecule has 2 aromatic rings. The molecule has 0 spiro atoms. The second-order valence-electron chi connectivity index (χ2n) is 6.63. The Morgan fingerprint density at radius 1 is 1.36 bits per heavy atom. The predicted octanol–water partition coefficient (Wildman–Crippen LogP) is 3.53. The van der Waals surface area contributed by atoms with Crippen LogP contribution in [0.5, 0.6) is 0 Å². The van der Waals surface area contributed by atoms with Gasteiger partial charge < -0.3 is 15.8 Å². The molecule has 2 atom stereocenters. The summed E-state index contributed by atoms with van der Waals surface area (Å²) in [5.74, 6) is -0.896. The number of hydrogen-bond donors (Lipinski definition) is 2. The Kier molecular flexibility index (Phi) is 5.99. The van der Waals surface area contributed by atoms with Crippen molar-refractivity contribution in [3.63, 3.8) is 0 Å². The molecule has 0 aliphatic heterocycles. The molecule has 0 bridgehead atoms. The van der Waals surface area contributed by atoms with E-state index in [9.17, 15) is 14.9 Å². The number of amides is 1. The first kappa shape index (κ1) is 19.9. The van der Waals surface area contributed by atoms with E-state index < -0.39 is 11.9 Å². The van der Waals surface area contributed by atoms with E-state index in [1.165, 1.54) is 7.11 Å². The second-order valence-corrected chi connectivity index (χ2v) is 7.49. The highest BCUT2D eigenvalue weighted by molar-refractivity contribution is 9.10. The number of carbonyl (C=O) groups excluding carboxylic acids is 2. The molecule has 0 saturated heterocycles. The number of anilines is 2. The van der Waals surface area contributed by atoms with Crippen molar-refractivity contribution in [2.24, 2.45) is 11.7 Å². The Balaban J connectivity index is 1.91. The zero-order valence-corrected chi connectivity index (χ0v) is 16.9. The van der Waals surface area contributed by atoms with E-state index in [0.717, 1.165) is 25.7 Å². The van der Waals surface area contributed by atoms with Crippen LogP contribution in [0.25, 0.3) is 0 Å². The van der Waals surface area contributed by atoms with Gasteiger partial charge in [-0.1, -0.05) is 12.8 Å². The number of nitrogens with zero attached hydrogens (tertiary/aromatic N) is 3. The van der Waals surface area contributed by atoms with Gasteiger partial charge in [-0.25, -0.2) is 4.79 Å². The number of carbonyl (C=O) groups is 2. The molecule has 1 aliphatic carbocycles. The molecular formula is C19H20BrN5O3. The third-order valence-corrected chi connectivity index (χ3v) is 5.53. The van der Waals surface area contributed by atoms with Gasteiger partial charge in [0, 0.05) is 16.4 Å². The first-order valence-electron chi connectivity index (χ1n) is 8.88. The summed E-state index contributed by atoms with van der Waals surface area (Å²) >= 11 is 3.34. The summed E-state index contributed by atoms with van der Waals surface area (Å²) in [5, 5.41) is 17.0. The highest BCUT2D eigenvalue weighted by Gasteiger charge is 2.29. The van der Waals surface area contributed by atoms with Crippen molar-refractivity contribution in [2.75, 3.05) is 12.4 Å². The Bertz CT molecular complexity index is 950. The maximum absolute atomic E-state index is 11.9. The minimum Gasteiger partial charge on any atom is -0.465 e. The molecule has 1 saturated carbocycles. The monoisotopic (exact) mass is 445 g/mol. The molecule has 3 rings (SSSR count). The van der Waals surface area contributed by atoms with Gasteiger partial charge in [-0.15, -0.1) is 0 Å². The molecule has 0 unspecified atom stereocenters. The lowest BCUT2D eigenvalue weighted by molar-refractivity contribution is 0.0599. The van der Waals surface area contributed by atoms with Crippen LogP contribution in [0, 0.1) is 17.2 Å². The third kappa shape index (κ3) is 4.02. The Morgan fingerprint density at radius 2 is 2.11 bits per heavy atom. The van der Waals surface area contributed by atoms with Crippen molar-refractivity contribution in [1.29, 1.82) is 5.26 Å². The lowest BCUT2D eigenvalue weighted by atomic mass is 9.85. The molecule has 9 heteroatoms. The third-order valence-electron chi connectivity index (χ3n) is 4.87. The van der Waals surface area contributed by atoms with Crippen molar-refractivity contribution in [3.05, 3.63) is 40.0 Å². The fourth-order valence-corrected chi connectivity index (χ4v) is 3.96. The van der Waals surface area contributed by atoms with Gasteiger partial charge in [0.25, 0.3) is 5.91 Å². The van der Waals surface area contributed by atoms with Crippen LogP contribution in [0.4, 0.5) is 11.5 Å². The van der Waals surface area contributed by atoms with E-state index in [2.05, 4.69) is 32.4 Å². The quantitative estimate of drug-likeness (QED) is 0.678. The number of rotatable bonds is 5. The smallest absolute Gasteiger partial charge is 0.339 e. The molecule has 1 heterocycles. The van der Waals surface area contributed by atoms with Crippen LogP contribution in [0.3, 0.4) is 0 Å². The van der Waals surface area contributed by atoms with Crippen LogP contribution < -0.4 is 11.1 Å². The first-order valence-corrected chi connectivity index (χ1v) is 9.67. The number of aromatic nitrogens is 2. The highest BCUT2D eigenvalue weighted by atomic mass is 79.9. The summed E-state index contributed by atoms with van der Waals surface area (Å²) in [6.45, 7) is 0. The fourth-order valence-electron chi connectivity index (χ4n) is 3.42. The minimum absolute atomic E-state index is 0.0826. The number of ether oxygens (including phenoxy) is 1. The van der Waals surface area contributed by atoms with Crippen LogP contribution in [0.1, 0.15) is 52.4 Å². The maximum atomic E-state index is 11.9. The maximum Gasteiger partial charge on any atom is 0.339 e. The molecule has 0 radical (unpaired) electrons. The van der Waals surface area contributed by atoms with Gasteiger partial charge in [0.1, 0.15) is 5.56 Å². The number of nitrogens with two attached hydrogens (primary N) is 1. The Labute approximate surface area is 170 Å². The van der Waals surface area contributed by atoms with Crippen molar-refractivity contribution >= 4 is 39.3 Å². The summed E-state index contributed by atoms with van der Waals surface area (Å²) in [6, 6.07) is 7.23. The summed E-state index contributed by atoms with van der Waals surface area (Å²) in [7, 11) is 1.31. The van der Waals surface area contributed by atoms with Crippen molar-refractivity contribution in [2.45, 2.75) is 31.7 Å². The van der Waals surface area contributed by atoms with E-state index in [1.54, 1.807) is 29.1 Å². The zero-order chi connectivity index (χ0) is 20.3. The Morgan fingerprint density at radius 3 is 2.75 bits per heavy atom. The lowest BCUT2D eigenvalue weighted by Crippen LogP contribution is -2.22. The number of benzene rings is 1. The fraction of sp³-hybridized carbons (Fsp3) is 0.368. The van der Waals surface area contributed by atoms with Gasteiger partial charge >= 0.3 is 5.97 Å². The van der Waals surface area contributed by atoms with Crippen LogP contribution in [-0.2, 0) is 4.74 Å². The van der Waals surface area contributed by atoms with E-state index >= 15 is 0 Å². The van der Waals surface area contributed by atoms with Crippen molar-refractivity contribution in [1.82, 2.24) is 9.78 Å². The topological polar surface area (TPSA) is 123 Å². The summed E-state index contributed by atoms with van der Waals surface area (Å²) in [6.07, 6.45) is 5.28. The summed E-state index contributed by atoms with van der Waals surface area (Å²) in [5.41, 5.74) is 6.77. The molecule has 1 aromatic carbocycles. The average Bonchev–Trinajstić information content (AvgIpc) is 3.11. The summed E-state index contributed by atoms with van der Waals surface area (Å²) < 4.78 is 6.94. The Hall–Kier alpha value is -2.86. The number of methoxy groups -OCH3 is 1. The van der Waals surface area contributed by atoms with Gasteiger partial charge in [-0.05, 0) is 47.0 Å². The van der Waals surface area contributed by atoms with Gasteiger partial charge in [0.2, 0.25) is 0 Å². The molecule has 1 amide bonds. The average molecular weight is 446 g/mol. The zero-order valence-electron chi connectivity index (χ0n) is 15.3. The molecule has 1 fully saturated rings. The van der Waals surface area contributed by atoms with E-state index in [1.807, 2.05) is 0 Å². The molecule has 1 aliphatic rings. The summed E-state index contributed by atoms with van der Waals surface area (Å²) in [4.78, 5) is 23.6.